The van der Waals surface area contributed by atoms with E-state index < -0.39 is 109 Å². The van der Waals surface area contributed by atoms with E-state index in [9.17, 15) is 48.3 Å². The summed E-state index contributed by atoms with van der Waals surface area (Å²) in [4.78, 5) is 123. The van der Waals surface area contributed by atoms with Gasteiger partial charge in [-0.05, 0) is 25.2 Å². The average molecular weight is 767 g/mol. The van der Waals surface area contributed by atoms with E-state index in [1.54, 1.807) is 13.8 Å². The fourth-order valence-corrected chi connectivity index (χ4v) is 4.72. The molecule has 5 unspecified atom stereocenters. The molecule has 0 saturated carbocycles. The van der Waals surface area contributed by atoms with Crippen molar-refractivity contribution in [1.82, 2.24) is 41.9 Å². The van der Waals surface area contributed by atoms with Crippen molar-refractivity contribution in [2.45, 2.75) is 82.6 Å². The average Bonchev–Trinajstić information content (AvgIpc) is 3.59. The molecule has 54 heavy (non-hydrogen) atoms. The minimum atomic E-state index is -1.64. The normalized spacial score (nSPS) is 13.5. The van der Waals surface area contributed by atoms with Gasteiger partial charge in [-0.3, -0.25) is 43.3 Å². The molecule has 18 N–H and O–H groups in total. The van der Waals surface area contributed by atoms with Crippen molar-refractivity contribution in [1.29, 1.82) is 0 Å². The number of amides is 8. The highest BCUT2D eigenvalue weighted by Crippen LogP contribution is 2.08. The molecule has 0 fully saturated rings. The maximum absolute atomic E-state index is 13.7. The maximum Gasteiger partial charge on any atom is 0.326 e. The first kappa shape index (κ1) is 45.7. The van der Waals surface area contributed by atoms with Crippen LogP contribution in [0, 0.1) is 5.92 Å². The second-order valence-electron chi connectivity index (χ2n) is 12.4. The molecule has 1 heterocycles. The van der Waals surface area contributed by atoms with Crippen molar-refractivity contribution in [3.63, 3.8) is 0 Å². The third-order valence-corrected chi connectivity index (χ3v) is 7.23. The van der Waals surface area contributed by atoms with Crippen LogP contribution in [0.3, 0.4) is 0 Å². The molecule has 300 valence electrons. The van der Waals surface area contributed by atoms with Gasteiger partial charge < -0.3 is 70.7 Å². The number of carbonyl (C=O) groups excluding carboxylic acids is 8. The Labute approximate surface area is 309 Å². The summed E-state index contributed by atoms with van der Waals surface area (Å²) < 4.78 is 0. The van der Waals surface area contributed by atoms with Crippen LogP contribution in [0.5, 0.6) is 0 Å². The van der Waals surface area contributed by atoms with Gasteiger partial charge in [0.2, 0.25) is 47.3 Å². The SMILES string of the molecule is CC(C)CC(NC(=O)C(CC(N)=O)NC(=O)C(Cc1cnc[nH]1)NC(=O)C(CCCN=C(N)N)NC(=O)CNC(=O)C(CC(N)=O)NC(=O)CN)C(=O)O. The van der Waals surface area contributed by atoms with Crippen LogP contribution in [0.2, 0.25) is 0 Å². The van der Waals surface area contributed by atoms with Gasteiger partial charge in [-0.2, -0.15) is 0 Å². The van der Waals surface area contributed by atoms with E-state index in [2.05, 4.69) is 46.9 Å². The van der Waals surface area contributed by atoms with E-state index in [0.717, 1.165) is 0 Å². The Morgan fingerprint density at radius 3 is 1.81 bits per heavy atom. The lowest BCUT2D eigenvalue weighted by atomic mass is 10.0. The molecule has 0 spiro atoms. The summed E-state index contributed by atoms with van der Waals surface area (Å²) in [5, 5.41) is 23.5. The molecule has 24 nitrogen and oxygen atoms in total. The molecular formula is C30H50N14O10. The highest BCUT2D eigenvalue weighted by atomic mass is 16.4. The van der Waals surface area contributed by atoms with E-state index in [1.807, 2.05) is 0 Å². The number of carboxylic acids is 1. The van der Waals surface area contributed by atoms with Crippen molar-refractivity contribution in [3.8, 4) is 0 Å². The van der Waals surface area contributed by atoms with Gasteiger partial charge in [-0.15, -0.1) is 0 Å². The second-order valence-corrected chi connectivity index (χ2v) is 12.4. The monoisotopic (exact) mass is 766 g/mol. The van der Waals surface area contributed by atoms with Gasteiger partial charge in [0.1, 0.15) is 30.2 Å². The molecule has 1 aromatic heterocycles. The molecule has 24 heteroatoms. The topological polar surface area (TPSA) is 417 Å². The molecule has 0 saturated heterocycles. The minimum absolute atomic E-state index is 0.0322. The molecule has 5 atom stereocenters. The first-order chi connectivity index (χ1) is 25.3. The summed E-state index contributed by atoms with van der Waals surface area (Å²) in [5.74, 6) is -9.22. The number of aliphatic carboxylic acids is 1. The van der Waals surface area contributed by atoms with Crippen molar-refractivity contribution in [3.05, 3.63) is 18.2 Å². The molecule has 0 aliphatic rings. The number of nitrogens with one attached hydrogen (secondary N) is 7. The zero-order chi connectivity index (χ0) is 41.0. The molecule has 1 rings (SSSR count). The number of H-pyrrole nitrogens is 1. The van der Waals surface area contributed by atoms with E-state index in [-0.39, 0.29) is 44.1 Å². The van der Waals surface area contributed by atoms with Crippen LogP contribution < -0.4 is 60.6 Å². The Hall–Kier alpha value is -6.33. The van der Waals surface area contributed by atoms with Gasteiger partial charge in [0.15, 0.2) is 5.96 Å². The fraction of sp³-hybridized carbons (Fsp3) is 0.567. The number of hydrogen-bond acceptors (Lipinski definition) is 12. The highest BCUT2D eigenvalue weighted by Gasteiger charge is 2.33. The summed E-state index contributed by atoms with van der Waals surface area (Å²) in [5.41, 5.74) is 26.8. The van der Waals surface area contributed by atoms with Gasteiger partial charge in [0, 0.05) is 24.9 Å². The largest absolute Gasteiger partial charge is 0.480 e. The number of aliphatic imine (C=N–C) groups is 1. The zero-order valence-corrected chi connectivity index (χ0v) is 29.9. The quantitative estimate of drug-likeness (QED) is 0.0250. The predicted molar refractivity (Wildman–Crippen MR) is 189 cm³/mol. The third kappa shape index (κ3) is 18.2. The van der Waals surface area contributed by atoms with E-state index in [0.29, 0.717) is 5.69 Å². The van der Waals surface area contributed by atoms with Gasteiger partial charge in [-0.25, -0.2) is 9.78 Å². The van der Waals surface area contributed by atoms with E-state index in [4.69, 9.17) is 28.7 Å². The molecule has 0 bridgehead atoms. The summed E-state index contributed by atoms with van der Waals surface area (Å²) in [6.07, 6.45) is 1.15. The van der Waals surface area contributed by atoms with Crippen molar-refractivity contribution in [2.75, 3.05) is 19.6 Å². The minimum Gasteiger partial charge on any atom is -0.480 e. The fourth-order valence-electron chi connectivity index (χ4n) is 4.72. The standard InChI is InChI=1S/C30H50N14O10/c1-14(2)6-20(29(53)54)44-28(52)19(9-22(33)46)43-27(51)17(7-15-11-36-13-39-15)42-26(50)16(4-3-5-37-30(34)35)40-24(48)12-38-25(49)18(8-21(32)45)41-23(47)10-31/h11,13-14,16-20H,3-10,12,31H2,1-2H3,(H2,32,45)(H2,33,46)(H,36,39)(H,38,49)(H,40,48)(H,41,47)(H,42,50)(H,43,51)(H,44,52)(H,53,54)(H4,34,35,37). The lowest BCUT2D eigenvalue weighted by Gasteiger charge is -2.26. The number of carboxylic acid groups (broad SMARTS) is 1. The maximum atomic E-state index is 13.7. The third-order valence-electron chi connectivity index (χ3n) is 7.23. The smallest absolute Gasteiger partial charge is 0.326 e. The summed E-state index contributed by atoms with van der Waals surface area (Å²) in [7, 11) is 0. The number of rotatable bonds is 25. The molecule has 0 aliphatic carbocycles. The van der Waals surface area contributed by atoms with E-state index >= 15 is 0 Å². The van der Waals surface area contributed by atoms with Crippen LogP contribution in [0.4, 0.5) is 0 Å². The lowest BCUT2D eigenvalue weighted by molar-refractivity contribution is -0.143. The van der Waals surface area contributed by atoms with Gasteiger partial charge >= 0.3 is 5.97 Å². The van der Waals surface area contributed by atoms with Crippen LogP contribution >= 0.6 is 0 Å². The van der Waals surface area contributed by atoms with Gasteiger partial charge in [0.25, 0.3) is 0 Å². The number of nitrogens with two attached hydrogens (primary N) is 5. The van der Waals surface area contributed by atoms with E-state index in [1.165, 1.54) is 12.5 Å². The Balaban J connectivity index is 3.27. The van der Waals surface area contributed by atoms with Crippen LogP contribution in [0.25, 0.3) is 0 Å². The molecule has 0 aromatic carbocycles. The van der Waals surface area contributed by atoms with Gasteiger partial charge in [-0.1, -0.05) is 13.8 Å². The number of carbonyl (C=O) groups is 9. The Morgan fingerprint density at radius 2 is 1.30 bits per heavy atom. The van der Waals surface area contributed by atoms with Crippen LogP contribution in [-0.4, -0.2) is 124 Å². The Morgan fingerprint density at radius 1 is 0.759 bits per heavy atom. The van der Waals surface area contributed by atoms with Crippen molar-refractivity contribution >= 4 is 59.2 Å². The molecular weight excluding hydrogens is 716 g/mol. The summed E-state index contributed by atoms with van der Waals surface area (Å²) in [6, 6.07) is -7.30. The zero-order valence-electron chi connectivity index (χ0n) is 29.9. The highest BCUT2D eigenvalue weighted by molar-refractivity contribution is 5.97. The second kappa shape index (κ2) is 23.3. The summed E-state index contributed by atoms with van der Waals surface area (Å²) >= 11 is 0. The van der Waals surface area contributed by atoms with Crippen LogP contribution in [-0.2, 0) is 49.6 Å². The van der Waals surface area contributed by atoms with Crippen molar-refractivity contribution in [2.24, 2.45) is 39.6 Å². The predicted octanol–water partition coefficient (Wildman–Crippen LogP) is -6.61. The molecule has 1 aromatic rings. The number of guanidine groups is 1. The number of primary amides is 2. The van der Waals surface area contributed by atoms with Crippen LogP contribution in [0.15, 0.2) is 17.5 Å². The number of imidazole rings is 1. The molecule has 0 aliphatic heterocycles. The number of aromatic amines is 1. The van der Waals surface area contributed by atoms with Crippen molar-refractivity contribution < 1.29 is 48.3 Å². The molecule has 0 radical (unpaired) electrons. The van der Waals surface area contributed by atoms with Crippen LogP contribution in [0.1, 0.15) is 51.6 Å². The summed E-state index contributed by atoms with van der Waals surface area (Å²) in [6.45, 7) is 2.26. The Kier molecular flexibility index (Phi) is 19.7. The first-order valence-electron chi connectivity index (χ1n) is 16.6. The number of hydrogen-bond donors (Lipinski definition) is 13. The molecule has 8 amide bonds. The first-order valence-corrected chi connectivity index (χ1v) is 16.6. The van der Waals surface area contributed by atoms with Gasteiger partial charge in [0.05, 0.1) is 32.3 Å². The lowest BCUT2D eigenvalue weighted by Crippen LogP contribution is -2.59. The Bertz CT molecular complexity index is 1510. The number of nitrogens with zero attached hydrogens (tertiary/aromatic N) is 2. The number of aromatic nitrogens is 2.